The van der Waals surface area contributed by atoms with Crippen LogP contribution in [0.5, 0.6) is 0 Å². The van der Waals surface area contributed by atoms with E-state index in [1.807, 2.05) is 20.8 Å². The molecule has 0 fully saturated rings. The van der Waals surface area contributed by atoms with Gasteiger partial charge in [-0.15, -0.1) is 0 Å². The number of carbonyl (C=O) groups is 1. The van der Waals surface area contributed by atoms with Crippen molar-refractivity contribution in [3.8, 4) is 0 Å². The zero-order valence-electron chi connectivity index (χ0n) is 8.99. The molecule has 1 aromatic rings. The highest BCUT2D eigenvalue weighted by Gasteiger charge is 2.16. The van der Waals surface area contributed by atoms with Crippen molar-refractivity contribution in [1.82, 2.24) is 9.97 Å². The van der Waals surface area contributed by atoms with Gasteiger partial charge < -0.3 is 5.32 Å². The van der Waals surface area contributed by atoms with Crippen LogP contribution in [0.1, 0.15) is 20.8 Å². The lowest BCUT2D eigenvalue weighted by molar-refractivity contribution is -0.120. The van der Waals surface area contributed by atoms with Crippen molar-refractivity contribution >= 4 is 27.7 Å². The third kappa shape index (κ3) is 3.58. The zero-order valence-corrected chi connectivity index (χ0v) is 10.6. The van der Waals surface area contributed by atoms with Crippen LogP contribution in [0.2, 0.25) is 0 Å². The van der Waals surface area contributed by atoms with Crippen LogP contribution in [0.15, 0.2) is 17.0 Å². The van der Waals surface area contributed by atoms with E-state index in [0.717, 1.165) is 0 Å². The van der Waals surface area contributed by atoms with Crippen LogP contribution >= 0.6 is 15.9 Å². The Hall–Kier alpha value is -0.970. The van der Waals surface area contributed by atoms with Crippen molar-refractivity contribution in [2.24, 2.45) is 11.8 Å². The van der Waals surface area contributed by atoms with E-state index in [2.05, 4.69) is 31.2 Å². The minimum Gasteiger partial charge on any atom is -0.309 e. The molecule has 1 unspecified atom stereocenters. The lowest BCUT2D eigenvalue weighted by atomic mass is 9.97. The molecule has 1 atom stereocenters. The van der Waals surface area contributed by atoms with Gasteiger partial charge in [-0.25, -0.2) is 9.97 Å². The molecule has 1 N–H and O–H groups in total. The maximum absolute atomic E-state index is 11.6. The number of aromatic nitrogens is 2. The van der Waals surface area contributed by atoms with Crippen molar-refractivity contribution in [3.05, 3.63) is 17.0 Å². The number of carbonyl (C=O) groups excluding carboxylic acids is 1. The average Bonchev–Trinajstić information content (AvgIpc) is 2.20. The minimum atomic E-state index is -0.0320. The second-order valence-corrected chi connectivity index (χ2v) is 4.56. The molecule has 4 nitrogen and oxygen atoms in total. The highest BCUT2D eigenvalue weighted by molar-refractivity contribution is 9.10. The van der Waals surface area contributed by atoms with E-state index in [1.165, 1.54) is 6.20 Å². The molecule has 1 heterocycles. The highest BCUT2D eigenvalue weighted by Crippen LogP contribution is 2.13. The predicted octanol–water partition coefficient (Wildman–Crippen LogP) is 2.47. The fourth-order valence-electron chi connectivity index (χ4n) is 0.920. The maximum Gasteiger partial charge on any atom is 0.228 e. The molecule has 0 aliphatic heterocycles. The zero-order chi connectivity index (χ0) is 11.4. The van der Waals surface area contributed by atoms with Crippen LogP contribution in [0, 0.1) is 11.8 Å². The van der Waals surface area contributed by atoms with Gasteiger partial charge in [0.2, 0.25) is 5.91 Å². The lowest BCUT2D eigenvalue weighted by Crippen LogP contribution is -2.24. The Bertz CT molecular complexity index is 337. The molecule has 0 bridgehead atoms. The van der Waals surface area contributed by atoms with Gasteiger partial charge in [-0.2, -0.15) is 0 Å². The number of nitrogens with zero attached hydrogens (tertiary/aromatic N) is 2. The first kappa shape index (κ1) is 12.1. The summed E-state index contributed by atoms with van der Waals surface area (Å²) in [5.74, 6) is 0.737. The second-order valence-electron chi connectivity index (χ2n) is 3.75. The largest absolute Gasteiger partial charge is 0.309 e. The summed E-state index contributed by atoms with van der Waals surface area (Å²) in [6.45, 7) is 5.92. The van der Waals surface area contributed by atoms with Crippen LogP contribution in [0.3, 0.4) is 0 Å². The topological polar surface area (TPSA) is 54.9 Å². The van der Waals surface area contributed by atoms with Gasteiger partial charge in [0, 0.05) is 5.92 Å². The minimum absolute atomic E-state index is 0.0263. The molecule has 0 saturated carbocycles. The second kappa shape index (κ2) is 5.21. The summed E-state index contributed by atoms with van der Waals surface area (Å²) in [5.41, 5.74) is 0. The molecule has 0 aliphatic carbocycles. The van der Waals surface area contributed by atoms with E-state index in [0.29, 0.717) is 16.3 Å². The Kier molecular flexibility index (Phi) is 4.20. The molecule has 1 rings (SSSR count). The summed E-state index contributed by atoms with van der Waals surface area (Å²) in [6, 6.07) is 0. The molecular weight excluding hydrogens is 258 g/mol. The fourth-order valence-corrected chi connectivity index (χ4v) is 1.12. The Morgan fingerprint density at radius 3 is 2.47 bits per heavy atom. The summed E-state index contributed by atoms with van der Waals surface area (Å²) in [7, 11) is 0. The van der Waals surface area contributed by atoms with Gasteiger partial charge in [0.05, 0.1) is 12.4 Å². The monoisotopic (exact) mass is 271 g/mol. The Balaban J connectivity index is 2.62. The smallest absolute Gasteiger partial charge is 0.228 e. The van der Waals surface area contributed by atoms with Crippen molar-refractivity contribution in [2.75, 3.05) is 5.32 Å². The first-order valence-corrected chi connectivity index (χ1v) is 5.58. The summed E-state index contributed by atoms with van der Waals surface area (Å²) < 4.78 is 0.650. The molecule has 5 heteroatoms. The summed E-state index contributed by atoms with van der Waals surface area (Å²) >= 11 is 3.18. The van der Waals surface area contributed by atoms with Gasteiger partial charge >= 0.3 is 0 Å². The molecule has 1 aromatic heterocycles. The Labute approximate surface area is 97.6 Å². The predicted molar refractivity (Wildman–Crippen MR) is 62.4 cm³/mol. The van der Waals surface area contributed by atoms with Gasteiger partial charge in [-0.3, -0.25) is 4.79 Å². The molecule has 0 saturated heterocycles. The van der Waals surface area contributed by atoms with Crippen LogP contribution in [-0.2, 0) is 4.79 Å². The number of nitrogens with one attached hydrogen (secondary N) is 1. The van der Waals surface area contributed by atoms with E-state index in [9.17, 15) is 4.79 Å². The number of amides is 1. The lowest BCUT2D eigenvalue weighted by Gasteiger charge is -2.14. The number of anilines is 1. The third-order valence-electron chi connectivity index (χ3n) is 2.29. The van der Waals surface area contributed by atoms with Gasteiger partial charge in [0.25, 0.3) is 0 Å². The number of halogens is 1. The van der Waals surface area contributed by atoms with Crippen LogP contribution in [-0.4, -0.2) is 15.9 Å². The summed E-state index contributed by atoms with van der Waals surface area (Å²) in [4.78, 5) is 19.6. The average molecular weight is 272 g/mol. The fraction of sp³-hybridized carbons (Fsp3) is 0.500. The third-order valence-corrected chi connectivity index (χ3v) is 2.69. The first-order valence-electron chi connectivity index (χ1n) is 4.79. The standard InChI is InChI=1S/C10H14BrN3O/c1-6(2)7(3)10(15)14-9-5-12-8(11)4-13-9/h4-7H,1-3H3,(H,13,14,15). The van der Waals surface area contributed by atoms with E-state index < -0.39 is 0 Å². The Morgan fingerprint density at radius 2 is 2.00 bits per heavy atom. The number of rotatable bonds is 3. The van der Waals surface area contributed by atoms with Crippen LogP contribution in [0.4, 0.5) is 5.82 Å². The molecule has 0 spiro atoms. The maximum atomic E-state index is 11.6. The molecule has 1 amide bonds. The Morgan fingerprint density at radius 1 is 1.33 bits per heavy atom. The number of hydrogen-bond donors (Lipinski definition) is 1. The molecule has 0 aliphatic rings. The molecular formula is C10H14BrN3O. The van der Waals surface area contributed by atoms with Gasteiger partial charge in [0.1, 0.15) is 4.60 Å². The van der Waals surface area contributed by atoms with Crippen molar-refractivity contribution in [3.63, 3.8) is 0 Å². The van der Waals surface area contributed by atoms with E-state index in [-0.39, 0.29) is 11.8 Å². The summed E-state index contributed by atoms with van der Waals surface area (Å²) in [5, 5.41) is 2.72. The highest BCUT2D eigenvalue weighted by atomic mass is 79.9. The van der Waals surface area contributed by atoms with Gasteiger partial charge in [0.15, 0.2) is 5.82 Å². The quantitative estimate of drug-likeness (QED) is 0.919. The van der Waals surface area contributed by atoms with Crippen molar-refractivity contribution in [1.29, 1.82) is 0 Å². The number of hydrogen-bond acceptors (Lipinski definition) is 3. The van der Waals surface area contributed by atoms with Gasteiger partial charge in [-0.05, 0) is 21.8 Å². The van der Waals surface area contributed by atoms with E-state index >= 15 is 0 Å². The summed E-state index contributed by atoms with van der Waals surface area (Å²) in [6.07, 6.45) is 3.07. The van der Waals surface area contributed by atoms with Gasteiger partial charge in [-0.1, -0.05) is 20.8 Å². The van der Waals surface area contributed by atoms with Crippen LogP contribution < -0.4 is 5.32 Å². The SMILES string of the molecule is CC(C)C(C)C(=O)Nc1cnc(Br)cn1. The van der Waals surface area contributed by atoms with E-state index in [1.54, 1.807) is 6.20 Å². The molecule has 82 valence electrons. The normalized spacial score (nSPS) is 12.6. The molecule has 0 aromatic carbocycles. The molecule has 15 heavy (non-hydrogen) atoms. The van der Waals surface area contributed by atoms with Crippen molar-refractivity contribution < 1.29 is 4.79 Å². The first-order chi connectivity index (χ1) is 7.00. The van der Waals surface area contributed by atoms with E-state index in [4.69, 9.17) is 0 Å². The molecule has 0 radical (unpaired) electrons. The van der Waals surface area contributed by atoms with Crippen LogP contribution in [0.25, 0.3) is 0 Å². The van der Waals surface area contributed by atoms with Crippen molar-refractivity contribution in [2.45, 2.75) is 20.8 Å².